The van der Waals surface area contributed by atoms with E-state index in [-0.39, 0.29) is 17.4 Å². The van der Waals surface area contributed by atoms with Crippen LogP contribution >= 0.6 is 0 Å². The second kappa shape index (κ2) is 23.7. The van der Waals surface area contributed by atoms with E-state index >= 15 is 0 Å². The molecule has 8 heteroatoms. The smallest absolute Gasteiger partial charge is 0.179 e. The quantitative estimate of drug-likeness (QED) is 0.0309. The fourth-order valence-corrected chi connectivity index (χ4v) is 8.91. The van der Waals surface area contributed by atoms with Crippen LogP contribution < -0.4 is 0 Å². The molecule has 64 heavy (non-hydrogen) atoms. The molecular formula is C56H78O8. The summed E-state index contributed by atoms with van der Waals surface area (Å²) in [4.78, 5) is 13.3. The summed E-state index contributed by atoms with van der Waals surface area (Å²) in [6.45, 7) is 29.4. The van der Waals surface area contributed by atoms with Crippen molar-refractivity contribution in [1.29, 1.82) is 0 Å². The number of rotatable bonds is 28. The van der Waals surface area contributed by atoms with Crippen molar-refractivity contribution in [3.8, 4) is 22.3 Å². The van der Waals surface area contributed by atoms with Crippen LogP contribution in [0.15, 0.2) is 96.1 Å². The number of fused-ring (bicyclic) bond motifs is 6. The summed E-state index contributed by atoms with van der Waals surface area (Å²) in [7, 11) is 1.68. The third-order valence-corrected chi connectivity index (χ3v) is 13.3. The predicted molar refractivity (Wildman–Crippen MR) is 261 cm³/mol. The van der Waals surface area contributed by atoms with Gasteiger partial charge in [-0.3, -0.25) is 0 Å². The summed E-state index contributed by atoms with van der Waals surface area (Å²) in [5, 5.41) is 0. The monoisotopic (exact) mass is 879 g/mol. The summed E-state index contributed by atoms with van der Waals surface area (Å²) >= 11 is 0. The van der Waals surface area contributed by atoms with Gasteiger partial charge < -0.3 is 28.4 Å². The van der Waals surface area contributed by atoms with E-state index in [1.54, 1.807) is 7.11 Å². The number of benzene rings is 3. The normalized spacial score (nSPS) is 18.6. The minimum Gasteiger partial charge on any atom is -0.382 e. The molecule has 0 aromatic heterocycles. The first-order valence-electron chi connectivity index (χ1n) is 23.7. The van der Waals surface area contributed by atoms with Crippen LogP contribution in [0.1, 0.15) is 129 Å². The van der Waals surface area contributed by atoms with Crippen LogP contribution in [-0.2, 0) is 60.2 Å². The average Bonchev–Trinajstić information content (AvgIpc) is 3.73. The Morgan fingerprint density at radius 3 is 1.39 bits per heavy atom. The molecule has 0 N–H and O–H groups in total. The maximum Gasteiger partial charge on any atom is 0.179 e. The Morgan fingerprint density at radius 2 is 0.922 bits per heavy atom. The fourth-order valence-electron chi connectivity index (χ4n) is 8.91. The highest BCUT2D eigenvalue weighted by Gasteiger charge is 2.53. The number of hydrogen-bond donors (Lipinski definition) is 0. The molecule has 0 spiro atoms. The molecule has 0 heterocycles. The standard InChI is InChI=1S/C56H78O8/c1-13-20-41(16-4)55(62-35-33-60-32-31-59-28-27-57-12)49-37-43(53(8,9)18-6)22-24-45(49)47-40-52-48(39-51(47)55)46-25-23-44(54(10,11)19-7)38-50(46)56(52,42(17-5)21-14-2)64-63-36-34-61-30-29-58-26-15-3/h13-14,16-17,20-25,37-40H,15,18-19,26-36H2,1-12H3/b20-13-,21-14-,41-16+,42-17+. The number of hydrogen-bond acceptors (Lipinski definition) is 8. The van der Waals surface area contributed by atoms with Crippen molar-refractivity contribution in [3.63, 3.8) is 0 Å². The van der Waals surface area contributed by atoms with Gasteiger partial charge in [0, 0.05) is 36.0 Å². The van der Waals surface area contributed by atoms with Crippen LogP contribution in [0, 0.1) is 0 Å². The highest BCUT2D eigenvalue weighted by Crippen LogP contribution is 2.61. The van der Waals surface area contributed by atoms with E-state index < -0.39 is 11.2 Å². The molecule has 0 amide bonds. The van der Waals surface area contributed by atoms with Crippen molar-refractivity contribution >= 4 is 0 Å². The molecule has 0 bridgehead atoms. The lowest BCUT2D eigenvalue weighted by molar-refractivity contribution is -0.347. The summed E-state index contributed by atoms with van der Waals surface area (Å²) < 4.78 is 35.9. The van der Waals surface area contributed by atoms with Gasteiger partial charge in [-0.25, -0.2) is 9.78 Å². The van der Waals surface area contributed by atoms with E-state index in [1.807, 2.05) is 0 Å². The fraction of sp³-hybridized carbons (Fsp3) is 0.536. The third-order valence-electron chi connectivity index (χ3n) is 13.3. The van der Waals surface area contributed by atoms with Crippen LogP contribution in [-0.4, -0.2) is 79.8 Å². The van der Waals surface area contributed by atoms with Crippen molar-refractivity contribution in [3.05, 3.63) is 130 Å². The first-order valence-corrected chi connectivity index (χ1v) is 23.7. The van der Waals surface area contributed by atoms with Gasteiger partial charge in [0.25, 0.3) is 0 Å². The SMILES string of the molecule is C/C=C\C(=C/C)C1(OCCOCCOCCOC)c2cc(C(C)(C)CC)ccc2-c2cc3c(cc21)-c1ccc(C(C)(C)CC)cc1C3(OOCCOCCOCCC)C(/C=C\C)=C/C. The summed E-state index contributed by atoms with van der Waals surface area (Å²) in [5.74, 6) is 0. The Balaban J connectivity index is 1.75. The van der Waals surface area contributed by atoms with Crippen molar-refractivity contribution in [1.82, 2.24) is 0 Å². The molecule has 5 rings (SSSR count). The van der Waals surface area contributed by atoms with Crippen molar-refractivity contribution in [2.45, 2.75) is 117 Å². The molecule has 8 nitrogen and oxygen atoms in total. The molecule has 0 radical (unpaired) electrons. The first-order chi connectivity index (χ1) is 30.9. The Morgan fingerprint density at radius 1 is 0.500 bits per heavy atom. The Bertz CT molecular complexity index is 1960. The second-order valence-corrected chi connectivity index (χ2v) is 18.0. The molecule has 3 aromatic carbocycles. The largest absolute Gasteiger partial charge is 0.382 e. The maximum atomic E-state index is 7.41. The summed E-state index contributed by atoms with van der Waals surface area (Å²) in [5.41, 5.74) is 11.2. The van der Waals surface area contributed by atoms with Crippen LogP contribution in [0.2, 0.25) is 0 Å². The molecular weight excluding hydrogens is 801 g/mol. The van der Waals surface area contributed by atoms with E-state index in [0.29, 0.717) is 59.5 Å². The van der Waals surface area contributed by atoms with E-state index in [2.05, 4.69) is 161 Å². The highest BCUT2D eigenvalue weighted by molar-refractivity contribution is 5.92. The molecule has 2 aliphatic rings. The highest BCUT2D eigenvalue weighted by atomic mass is 17.2. The lowest BCUT2D eigenvalue weighted by Crippen LogP contribution is -2.34. The zero-order chi connectivity index (χ0) is 46.4. The van der Waals surface area contributed by atoms with E-state index in [4.69, 9.17) is 38.2 Å². The van der Waals surface area contributed by atoms with Crippen molar-refractivity contribution in [2.24, 2.45) is 0 Å². The molecule has 2 aliphatic carbocycles. The van der Waals surface area contributed by atoms with Gasteiger partial charge in [-0.2, -0.15) is 0 Å². The van der Waals surface area contributed by atoms with Gasteiger partial charge in [-0.1, -0.05) is 121 Å². The molecule has 0 saturated carbocycles. The van der Waals surface area contributed by atoms with Crippen molar-refractivity contribution < 1.29 is 38.2 Å². The van der Waals surface area contributed by atoms with Crippen LogP contribution in [0.3, 0.4) is 0 Å². The second-order valence-electron chi connectivity index (χ2n) is 18.0. The summed E-state index contributed by atoms with van der Waals surface area (Å²) in [6, 6.07) is 18.7. The van der Waals surface area contributed by atoms with Crippen LogP contribution in [0.5, 0.6) is 0 Å². The van der Waals surface area contributed by atoms with Gasteiger partial charge in [0.2, 0.25) is 0 Å². The van der Waals surface area contributed by atoms with Gasteiger partial charge in [0.15, 0.2) is 5.60 Å². The van der Waals surface area contributed by atoms with Crippen LogP contribution in [0.25, 0.3) is 22.3 Å². The topological polar surface area (TPSA) is 73.8 Å². The molecule has 2 unspecified atom stereocenters. The Kier molecular flexibility index (Phi) is 19.0. The molecule has 0 fully saturated rings. The zero-order valence-corrected chi connectivity index (χ0v) is 41.2. The van der Waals surface area contributed by atoms with E-state index in [0.717, 1.165) is 81.5 Å². The maximum absolute atomic E-state index is 7.41. The zero-order valence-electron chi connectivity index (χ0n) is 41.2. The molecule has 0 aliphatic heterocycles. The van der Waals surface area contributed by atoms with Crippen molar-refractivity contribution in [2.75, 3.05) is 79.8 Å². The lowest BCUT2D eigenvalue weighted by atomic mass is 9.77. The predicted octanol–water partition coefficient (Wildman–Crippen LogP) is 12.6. The summed E-state index contributed by atoms with van der Waals surface area (Å²) in [6.07, 6.45) is 15.9. The van der Waals surface area contributed by atoms with Gasteiger partial charge >= 0.3 is 0 Å². The first kappa shape index (κ1) is 51.3. The van der Waals surface area contributed by atoms with Gasteiger partial charge in [-0.05, 0) is 114 Å². The van der Waals surface area contributed by atoms with Gasteiger partial charge in [0.1, 0.15) is 12.2 Å². The molecule has 2 atom stereocenters. The molecule has 0 saturated heterocycles. The van der Waals surface area contributed by atoms with Gasteiger partial charge in [0.05, 0.1) is 59.5 Å². The third kappa shape index (κ3) is 10.6. The Hall–Kier alpha value is -3.70. The molecule has 3 aromatic rings. The number of methoxy groups -OCH3 is 1. The molecule has 350 valence electrons. The van der Waals surface area contributed by atoms with Crippen LogP contribution in [0.4, 0.5) is 0 Å². The number of ether oxygens (including phenoxy) is 6. The Labute approximate surface area is 385 Å². The van der Waals surface area contributed by atoms with Gasteiger partial charge in [-0.15, -0.1) is 0 Å². The minimum atomic E-state index is -1.09. The average molecular weight is 879 g/mol. The minimum absolute atomic E-state index is 0.0529. The number of allylic oxidation sites excluding steroid dienone is 4. The lowest BCUT2D eigenvalue weighted by Gasteiger charge is -2.36. The van der Waals surface area contributed by atoms with E-state index in [9.17, 15) is 0 Å². The van der Waals surface area contributed by atoms with E-state index in [1.165, 1.54) is 11.1 Å².